The lowest BCUT2D eigenvalue weighted by Gasteiger charge is -2.30. The van der Waals surface area contributed by atoms with Crippen molar-refractivity contribution in [1.29, 1.82) is 0 Å². The molecule has 1 aromatic carbocycles. The van der Waals surface area contributed by atoms with E-state index in [1.165, 1.54) is 18.1 Å². The second kappa shape index (κ2) is 3.33. The second-order valence-corrected chi connectivity index (χ2v) is 3.72. The number of rotatable bonds is 2. The normalized spacial score (nSPS) is 18.2. The first-order chi connectivity index (χ1) is 6.66. The molecule has 14 heavy (non-hydrogen) atoms. The Morgan fingerprint density at radius 2 is 2.43 bits per heavy atom. The van der Waals surface area contributed by atoms with E-state index >= 15 is 0 Å². The fraction of sp³-hybridized carbons (Fsp3) is 0.364. The number of carbonyl (C=O) groups excluding carboxylic acids is 1. The van der Waals surface area contributed by atoms with Crippen molar-refractivity contribution in [2.75, 3.05) is 6.54 Å². The summed E-state index contributed by atoms with van der Waals surface area (Å²) in [6.07, 6.45) is 0.996. The first kappa shape index (κ1) is 9.06. The van der Waals surface area contributed by atoms with E-state index in [2.05, 4.69) is 5.32 Å². The third-order valence-corrected chi connectivity index (χ3v) is 2.63. The molecule has 0 saturated heterocycles. The minimum absolute atomic E-state index is 0.00129. The third-order valence-electron chi connectivity index (χ3n) is 2.63. The van der Waals surface area contributed by atoms with Crippen molar-refractivity contribution in [3.63, 3.8) is 0 Å². The van der Waals surface area contributed by atoms with Gasteiger partial charge in [-0.15, -0.1) is 0 Å². The quantitative estimate of drug-likeness (QED) is 0.737. The molecule has 0 fully saturated rings. The molecule has 2 rings (SSSR count). The Kier molecular flexibility index (Phi) is 2.15. The van der Waals surface area contributed by atoms with Crippen molar-refractivity contribution in [3.8, 4) is 5.75 Å². The van der Waals surface area contributed by atoms with E-state index in [9.17, 15) is 9.90 Å². The zero-order valence-electron chi connectivity index (χ0n) is 8.08. The number of fused-ring (bicyclic) bond motifs is 1. The van der Waals surface area contributed by atoms with Gasteiger partial charge in [0.25, 0.3) is 0 Å². The summed E-state index contributed by atoms with van der Waals surface area (Å²) >= 11 is 0. The summed E-state index contributed by atoms with van der Waals surface area (Å²) in [5, 5.41) is 12.1. The summed E-state index contributed by atoms with van der Waals surface area (Å²) in [5.74, 6) is 0.677. The maximum atomic E-state index is 10.7. The van der Waals surface area contributed by atoms with Crippen molar-refractivity contribution in [3.05, 3.63) is 29.3 Å². The van der Waals surface area contributed by atoms with Gasteiger partial charge in [-0.05, 0) is 29.7 Å². The number of phenolic OH excluding ortho intramolecular Hbond substituents is 1. The Balaban J connectivity index is 2.04. The SMILES string of the molecule is CC(=O)NCC1Cc2ccc(O)cc21. The molecule has 1 aliphatic rings. The molecule has 0 heterocycles. The Hall–Kier alpha value is -1.51. The van der Waals surface area contributed by atoms with Gasteiger partial charge < -0.3 is 10.4 Å². The van der Waals surface area contributed by atoms with Crippen molar-refractivity contribution in [2.24, 2.45) is 0 Å². The van der Waals surface area contributed by atoms with Gasteiger partial charge in [0, 0.05) is 19.4 Å². The van der Waals surface area contributed by atoms with Crippen molar-refractivity contribution < 1.29 is 9.90 Å². The van der Waals surface area contributed by atoms with Gasteiger partial charge in [0.2, 0.25) is 5.91 Å². The molecule has 0 spiro atoms. The molecular weight excluding hydrogens is 178 g/mol. The highest BCUT2D eigenvalue weighted by molar-refractivity contribution is 5.73. The highest BCUT2D eigenvalue weighted by Gasteiger charge is 2.26. The van der Waals surface area contributed by atoms with Crippen LogP contribution in [0.1, 0.15) is 24.0 Å². The Labute approximate surface area is 82.8 Å². The van der Waals surface area contributed by atoms with Crippen LogP contribution in [-0.4, -0.2) is 17.6 Å². The molecule has 0 aromatic heterocycles. The topological polar surface area (TPSA) is 49.3 Å². The molecule has 0 bridgehead atoms. The van der Waals surface area contributed by atoms with Crippen LogP contribution in [0.2, 0.25) is 0 Å². The van der Waals surface area contributed by atoms with Crippen LogP contribution in [0, 0.1) is 0 Å². The van der Waals surface area contributed by atoms with Gasteiger partial charge >= 0.3 is 0 Å². The number of aromatic hydroxyl groups is 1. The van der Waals surface area contributed by atoms with Crippen LogP contribution < -0.4 is 5.32 Å². The van der Waals surface area contributed by atoms with E-state index in [4.69, 9.17) is 0 Å². The molecule has 0 saturated carbocycles. The number of hydrogen-bond acceptors (Lipinski definition) is 2. The molecular formula is C11H13NO2. The lowest BCUT2D eigenvalue weighted by atomic mass is 9.77. The third kappa shape index (κ3) is 1.58. The predicted molar refractivity (Wildman–Crippen MR) is 53.2 cm³/mol. The van der Waals surface area contributed by atoms with Crippen LogP contribution in [0.25, 0.3) is 0 Å². The van der Waals surface area contributed by atoms with Crippen molar-refractivity contribution in [1.82, 2.24) is 5.32 Å². The van der Waals surface area contributed by atoms with Gasteiger partial charge in [0.1, 0.15) is 5.75 Å². The number of carbonyl (C=O) groups is 1. The monoisotopic (exact) mass is 191 g/mol. The van der Waals surface area contributed by atoms with Gasteiger partial charge in [-0.1, -0.05) is 6.07 Å². The van der Waals surface area contributed by atoms with E-state index in [0.717, 1.165) is 6.42 Å². The van der Waals surface area contributed by atoms with E-state index in [1.807, 2.05) is 6.07 Å². The van der Waals surface area contributed by atoms with E-state index < -0.39 is 0 Å². The van der Waals surface area contributed by atoms with E-state index in [-0.39, 0.29) is 5.91 Å². The first-order valence-electron chi connectivity index (χ1n) is 4.73. The minimum Gasteiger partial charge on any atom is -0.508 e. The van der Waals surface area contributed by atoms with Gasteiger partial charge in [-0.2, -0.15) is 0 Å². The van der Waals surface area contributed by atoms with E-state index in [1.54, 1.807) is 12.1 Å². The first-order valence-corrected chi connectivity index (χ1v) is 4.73. The molecule has 1 unspecified atom stereocenters. The summed E-state index contributed by atoms with van der Waals surface area (Å²) in [4.78, 5) is 10.7. The molecule has 2 N–H and O–H groups in total. The molecule has 1 aromatic rings. The second-order valence-electron chi connectivity index (χ2n) is 3.72. The van der Waals surface area contributed by atoms with Gasteiger partial charge in [0.15, 0.2) is 0 Å². The number of nitrogens with one attached hydrogen (secondary N) is 1. The number of hydrogen-bond donors (Lipinski definition) is 2. The minimum atomic E-state index is -0.00129. The largest absolute Gasteiger partial charge is 0.508 e. The summed E-state index contributed by atoms with van der Waals surface area (Å²) in [6.45, 7) is 2.19. The van der Waals surface area contributed by atoms with Gasteiger partial charge in [-0.3, -0.25) is 4.79 Å². The Bertz CT molecular complexity index is 374. The average Bonchev–Trinajstić information content (AvgIpc) is 2.10. The fourth-order valence-electron chi connectivity index (χ4n) is 1.84. The maximum absolute atomic E-state index is 10.7. The van der Waals surface area contributed by atoms with Crippen LogP contribution in [0.3, 0.4) is 0 Å². The molecule has 0 radical (unpaired) electrons. The summed E-state index contributed by atoms with van der Waals surface area (Å²) in [7, 11) is 0. The van der Waals surface area contributed by atoms with Crippen LogP contribution in [-0.2, 0) is 11.2 Å². The van der Waals surface area contributed by atoms with Gasteiger partial charge in [0.05, 0.1) is 0 Å². The Morgan fingerprint density at radius 3 is 3.14 bits per heavy atom. The lowest BCUT2D eigenvalue weighted by Crippen LogP contribution is -2.31. The zero-order valence-corrected chi connectivity index (χ0v) is 8.08. The number of amides is 1. The van der Waals surface area contributed by atoms with Gasteiger partial charge in [-0.25, -0.2) is 0 Å². The molecule has 74 valence electrons. The van der Waals surface area contributed by atoms with Crippen molar-refractivity contribution in [2.45, 2.75) is 19.3 Å². The zero-order chi connectivity index (χ0) is 10.1. The van der Waals surface area contributed by atoms with Crippen LogP contribution in [0.5, 0.6) is 5.75 Å². The maximum Gasteiger partial charge on any atom is 0.216 e. The fourth-order valence-corrected chi connectivity index (χ4v) is 1.84. The molecule has 3 heteroatoms. The van der Waals surface area contributed by atoms with Crippen LogP contribution in [0.4, 0.5) is 0 Å². The summed E-state index contributed by atoms with van der Waals surface area (Å²) in [5.41, 5.74) is 2.44. The molecule has 1 atom stereocenters. The molecule has 3 nitrogen and oxygen atoms in total. The standard InChI is InChI=1S/C11H13NO2/c1-7(13)12-6-9-4-8-2-3-10(14)5-11(8)9/h2-3,5,9,14H,4,6H2,1H3,(H,12,13). The van der Waals surface area contributed by atoms with Crippen molar-refractivity contribution >= 4 is 5.91 Å². The average molecular weight is 191 g/mol. The molecule has 1 aliphatic carbocycles. The smallest absolute Gasteiger partial charge is 0.216 e. The molecule has 0 aliphatic heterocycles. The predicted octanol–water partition coefficient (Wildman–Crippen LogP) is 1.17. The summed E-state index contributed by atoms with van der Waals surface area (Å²) < 4.78 is 0. The van der Waals surface area contributed by atoms with E-state index in [0.29, 0.717) is 18.2 Å². The van der Waals surface area contributed by atoms with Crippen LogP contribution in [0.15, 0.2) is 18.2 Å². The lowest BCUT2D eigenvalue weighted by molar-refractivity contribution is -0.119. The highest BCUT2D eigenvalue weighted by Crippen LogP contribution is 2.36. The summed E-state index contributed by atoms with van der Waals surface area (Å²) in [6, 6.07) is 5.42. The Morgan fingerprint density at radius 1 is 1.64 bits per heavy atom. The number of benzene rings is 1. The number of phenols is 1. The highest BCUT2D eigenvalue weighted by atomic mass is 16.3. The molecule has 1 amide bonds. The van der Waals surface area contributed by atoms with Crippen LogP contribution >= 0.6 is 0 Å².